The molecule has 1 aromatic rings. The molecule has 5 heteroatoms. The van der Waals surface area contributed by atoms with E-state index in [1.165, 1.54) is 12.1 Å². The maximum atomic E-state index is 12.9. The molecule has 0 bridgehead atoms. The number of benzene rings is 1. The van der Waals surface area contributed by atoms with Gasteiger partial charge in [-0.25, -0.2) is 13.6 Å². The fourth-order valence-corrected chi connectivity index (χ4v) is 1.94. The molecule has 0 unspecified atom stereocenters. The van der Waals surface area contributed by atoms with E-state index in [-0.39, 0.29) is 5.56 Å². The first-order valence-corrected chi connectivity index (χ1v) is 6.55. The third kappa shape index (κ3) is 4.22. The summed E-state index contributed by atoms with van der Waals surface area (Å²) in [4.78, 5) is 10.5. The highest BCUT2D eigenvalue weighted by Gasteiger charge is 2.14. The van der Waals surface area contributed by atoms with E-state index in [9.17, 15) is 13.6 Å². The van der Waals surface area contributed by atoms with Gasteiger partial charge >= 0.3 is 5.97 Å². The number of carboxylic acids is 1. The lowest BCUT2D eigenvalue weighted by atomic mass is 9.97. The summed E-state index contributed by atoms with van der Waals surface area (Å²) >= 11 is 3.28. The van der Waals surface area contributed by atoms with Crippen LogP contribution in [0.2, 0.25) is 0 Å². The van der Waals surface area contributed by atoms with Crippen molar-refractivity contribution < 1.29 is 18.7 Å². The molecule has 0 amide bonds. The molecule has 0 atom stereocenters. The van der Waals surface area contributed by atoms with Crippen LogP contribution in [0.5, 0.6) is 0 Å². The van der Waals surface area contributed by atoms with Crippen LogP contribution < -0.4 is 0 Å². The lowest BCUT2D eigenvalue weighted by Crippen LogP contribution is -1.98. The van der Waals surface area contributed by atoms with Crippen molar-refractivity contribution in [2.24, 2.45) is 0 Å². The van der Waals surface area contributed by atoms with Gasteiger partial charge in [-0.2, -0.15) is 0 Å². The smallest absolute Gasteiger partial charge is 0.328 e. The third-order valence-electron chi connectivity index (χ3n) is 2.44. The lowest BCUT2D eigenvalue weighted by Gasteiger charge is -2.10. The highest BCUT2D eigenvalue weighted by atomic mass is 79.9. The second-order valence-corrected chi connectivity index (χ2v) is 4.48. The van der Waals surface area contributed by atoms with Gasteiger partial charge in [0.1, 0.15) is 0 Å². The van der Waals surface area contributed by atoms with Crippen LogP contribution in [0.15, 0.2) is 24.3 Å². The molecule has 1 N–H and O–H groups in total. The van der Waals surface area contributed by atoms with Crippen molar-refractivity contribution in [3.05, 3.63) is 41.0 Å². The summed E-state index contributed by atoms with van der Waals surface area (Å²) in [6.07, 6.45) is 0.958. The normalized spacial score (nSPS) is 11.3. The second kappa shape index (κ2) is 7.26. The van der Waals surface area contributed by atoms with Crippen LogP contribution in [0.4, 0.5) is 8.78 Å². The average Bonchev–Trinajstić information content (AvgIpc) is 2.33. The van der Waals surface area contributed by atoms with Crippen molar-refractivity contribution in [1.29, 1.82) is 0 Å². The van der Waals surface area contributed by atoms with Crippen molar-refractivity contribution in [3.8, 4) is 0 Å². The van der Waals surface area contributed by atoms with Crippen LogP contribution in [0, 0.1) is 0 Å². The molecule has 2 nitrogen and oxygen atoms in total. The standard InChI is InChI=1S/C13H13BrF2O2/c14-8-2-4-9-3-1-5-11(13(15)16)10(9)6-7-12(17)18/h1,3,5-7,13H,2,4,8H2,(H,17,18)/b7-6+. The first kappa shape index (κ1) is 14.8. The van der Waals surface area contributed by atoms with Gasteiger partial charge in [0.2, 0.25) is 0 Å². The number of carboxylic acid groups (broad SMARTS) is 1. The minimum Gasteiger partial charge on any atom is -0.478 e. The fraction of sp³-hybridized carbons (Fsp3) is 0.308. The Hall–Kier alpha value is -1.23. The van der Waals surface area contributed by atoms with E-state index in [0.717, 1.165) is 23.4 Å². The molecule has 1 aromatic carbocycles. The van der Waals surface area contributed by atoms with E-state index >= 15 is 0 Å². The van der Waals surface area contributed by atoms with Crippen LogP contribution >= 0.6 is 15.9 Å². The van der Waals surface area contributed by atoms with Gasteiger partial charge in [0.25, 0.3) is 6.43 Å². The highest BCUT2D eigenvalue weighted by Crippen LogP contribution is 2.27. The van der Waals surface area contributed by atoms with Crippen molar-refractivity contribution in [1.82, 2.24) is 0 Å². The molecule has 0 saturated heterocycles. The Balaban J connectivity index is 3.16. The van der Waals surface area contributed by atoms with Crippen molar-refractivity contribution in [3.63, 3.8) is 0 Å². The predicted molar refractivity (Wildman–Crippen MR) is 70.2 cm³/mol. The van der Waals surface area contributed by atoms with E-state index in [1.54, 1.807) is 12.1 Å². The SMILES string of the molecule is O=C(O)/C=C/c1c(CCCBr)cccc1C(F)F. The summed E-state index contributed by atoms with van der Waals surface area (Å²) in [6, 6.07) is 4.64. The molecule has 0 aromatic heterocycles. The molecule has 18 heavy (non-hydrogen) atoms. The summed E-state index contributed by atoms with van der Waals surface area (Å²) < 4.78 is 25.7. The Labute approximate surface area is 112 Å². The molecule has 0 radical (unpaired) electrons. The van der Waals surface area contributed by atoms with E-state index < -0.39 is 12.4 Å². The van der Waals surface area contributed by atoms with Crippen LogP contribution in [-0.4, -0.2) is 16.4 Å². The molecule has 0 fully saturated rings. The van der Waals surface area contributed by atoms with Gasteiger partial charge in [-0.3, -0.25) is 0 Å². The number of hydrogen-bond acceptors (Lipinski definition) is 1. The molecule has 98 valence electrons. The second-order valence-electron chi connectivity index (χ2n) is 3.68. The zero-order chi connectivity index (χ0) is 13.5. The Morgan fingerprint density at radius 1 is 1.44 bits per heavy atom. The topological polar surface area (TPSA) is 37.3 Å². The Morgan fingerprint density at radius 2 is 2.17 bits per heavy atom. The van der Waals surface area contributed by atoms with Gasteiger partial charge in [-0.05, 0) is 30.0 Å². The maximum absolute atomic E-state index is 12.9. The van der Waals surface area contributed by atoms with Crippen molar-refractivity contribution >= 4 is 28.0 Å². The first-order valence-electron chi connectivity index (χ1n) is 5.43. The van der Waals surface area contributed by atoms with Crippen molar-refractivity contribution in [2.75, 3.05) is 5.33 Å². The number of hydrogen-bond donors (Lipinski definition) is 1. The van der Waals surface area contributed by atoms with Crippen molar-refractivity contribution in [2.45, 2.75) is 19.3 Å². The Bertz CT molecular complexity index is 445. The van der Waals surface area contributed by atoms with E-state index in [4.69, 9.17) is 5.11 Å². The highest BCUT2D eigenvalue weighted by molar-refractivity contribution is 9.09. The van der Waals surface area contributed by atoms with Gasteiger partial charge in [-0.15, -0.1) is 0 Å². The quantitative estimate of drug-likeness (QED) is 0.634. The summed E-state index contributed by atoms with van der Waals surface area (Å²) in [5, 5.41) is 9.36. The molecule has 0 saturated carbocycles. The number of carbonyl (C=O) groups is 1. The molecule has 0 aliphatic heterocycles. The fourth-order valence-electron chi connectivity index (χ4n) is 1.66. The van der Waals surface area contributed by atoms with E-state index in [2.05, 4.69) is 15.9 Å². The van der Waals surface area contributed by atoms with Gasteiger partial charge < -0.3 is 5.11 Å². The zero-order valence-corrected chi connectivity index (χ0v) is 11.2. The minimum atomic E-state index is -2.61. The largest absolute Gasteiger partial charge is 0.478 e. The van der Waals surface area contributed by atoms with Gasteiger partial charge in [-0.1, -0.05) is 34.1 Å². The Morgan fingerprint density at radius 3 is 2.72 bits per heavy atom. The number of aliphatic carboxylic acids is 1. The van der Waals surface area contributed by atoms with Gasteiger partial charge in [0.15, 0.2) is 0 Å². The van der Waals surface area contributed by atoms with Crippen LogP contribution in [0.25, 0.3) is 6.08 Å². The first-order chi connectivity index (χ1) is 8.56. The molecule has 0 spiro atoms. The molecule has 1 rings (SSSR count). The number of halogens is 3. The predicted octanol–water partition coefficient (Wildman–Crippen LogP) is 4.05. The van der Waals surface area contributed by atoms with Crippen LogP contribution in [0.1, 0.15) is 29.5 Å². The number of rotatable bonds is 6. The summed E-state index contributed by atoms with van der Waals surface area (Å²) in [6.45, 7) is 0. The summed E-state index contributed by atoms with van der Waals surface area (Å²) in [5.41, 5.74) is 0.931. The maximum Gasteiger partial charge on any atom is 0.328 e. The monoisotopic (exact) mass is 318 g/mol. The van der Waals surface area contributed by atoms with E-state index in [0.29, 0.717) is 12.0 Å². The molecule has 0 aliphatic rings. The Kier molecular flexibility index (Phi) is 5.98. The number of aryl methyl sites for hydroxylation is 1. The number of alkyl halides is 3. The van der Waals surface area contributed by atoms with E-state index in [1.807, 2.05) is 0 Å². The molecular weight excluding hydrogens is 306 g/mol. The zero-order valence-electron chi connectivity index (χ0n) is 9.57. The average molecular weight is 319 g/mol. The van der Waals surface area contributed by atoms with Crippen LogP contribution in [0.3, 0.4) is 0 Å². The van der Waals surface area contributed by atoms with Crippen LogP contribution in [-0.2, 0) is 11.2 Å². The molecular formula is C13H13BrF2O2. The van der Waals surface area contributed by atoms with Gasteiger partial charge in [0.05, 0.1) is 0 Å². The summed E-state index contributed by atoms with van der Waals surface area (Å²) in [7, 11) is 0. The summed E-state index contributed by atoms with van der Waals surface area (Å²) in [5.74, 6) is -1.15. The lowest BCUT2D eigenvalue weighted by molar-refractivity contribution is -0.131. The molecule has 0 aliphatic carbocycles. The van der Waals surface area contributed by atoms with Gasteiger partial charge in [0, 0.05) is 17.0 Å². The third-order valence-corrected chi connectivity index (χ3v) is 3.00. The molecule has 0 heterocycles. The minimum absolute atomic E-state index is 0.125.